The number of hydrogen-bond donors (Lipinski definition) is 1. The lowest BCUT2D eigenvalue weighted by molar-refractivity contribution is -0.218. The second-order valence-electron chi connectivity index (χ2n) is 4.86. The first kappa shape index (κ1) is 20.0. The van der Waals surface area contributed by atoms with Crippen molar-refractivity contribution in [3.05, 3.63) is 0 Å². The fourth-order valence-electron chi connectivity index (χ4n) is 1.70. The lowest BCUT2D eigenvalue weighted by atomic mass is 10.0. The van der Waals surface area contributed by atoms with E-state index in [0.717, 1.165) is 0 Å². The molecule has 21 heavy (non-hydrogen) atoms. The summed E-state index contributed by atoms with van der Waals surface area (Å²) in [6.45, 7) is 0. The summed E-state index contributed by atoms with van der Waals surface area (Å²) < 4.78 is 87.6. The summed E-state index contributed by atoms with van der Waals surface area (Å²) in [5.74, 6) is -11.1. The zero-order valence-electron chi connectivity index (χ0n) is 11.2. The van der Waals surface area contributed by atoms with Gasteiger partial charge in [0.2, 0.25) is 0 Å². The number of unbranched alkanes of at least 4 members (excludes halogenated alkanes) is 4. The third kappa shape index (κ3) is 8.77. The zero-order valence-corrected chi connectivity index (χ0v) is 11.2. The molecule has 0 aliphatic carbocycles. The van der Waals surface area contributed by atoms with E-state index in [0.29, 0.717) is 0 Å². The molecule has 0 unspecified atom stereocenters. The fraction of sp³-hybridized carbons (Fsp3) is 0.917. The van der Waals surface area contributed by atoms with E-state index >= 15 is 0 Å². The first-order chi connectivity index (χ1) is 9.37. The fourth-order valence-corrected chi connectivity index (χ4v) is 1.70. The van der Waals surface area contributed by atoms with Gasteiger partial charge in [-0.15, -0.1) is 0 Å². The molecule has 0 saturated carbocycles. The smallest absolute Gasteiger partial charge is 0.389 e. The Hall–Kier alpha value is -1.02. The average Bonchev–Trinajstić information content (AvgIpc) is 2.24. The zero-order chi connectivity index (χ0) is 16.7. The molecule has 0 spiro atoms. The molecule has 0 aliphatic heterocycles. The molecular weight excluding hydrogens is 309 g/mol. The molecule has 9 heteroatoms. The number of hydrogen-bond acceptors (Lipinski definition) is 1. The van der Waals surface area contributed by atoms with Crippen molar-refractivity contribution >= 4 is 5.97 Å². The van der Waals surface area contributed by atoms with Crippen molar-refractivity contribution < 1.29 is 40.6 Å². The summed E-state index contributed by atoms with van der Waals surface area (Å²) in [4.78, 5) is 10.1. The summed E-state index contributed by atoms with van der Waals surface area (Å²) in [6, 6.07) is 0. The third-order valence-electron chi connectivity index (χ3n) is 2.86. The van der Waals surface area contributed by atoms with Gasteiger partial charge >= 0.3 is 24.0 Å². The molecule has 0 aliphatic rings. The van der Waals surface area contributed by atoms with Crippen molar-refractivity contribution in [2.45, 2.75) is 69.4 Å². The normalized spacial score (nSPS) is 13.5. The lowest BCUT2D eigenvalue weighted by Gasteiger charge is -2.25. The van der Waals surface area contributed by atoms with Gasteiger partial charge < -0.3 is 5.11 Å². The summed E-state index contributed by atoms with van der Waals surface area (Å²) in [5, 5.41) is 8.14. The van der Waals surface area contributed by atoms with Crippen LogP contribution in [0.4, 0.5) is 30.7 Å². The molecular formula is C12H17F7O2. The van der Waals surface area contributed by atoms with Crippen molar-refractivity contribution in [2.75, 3.05) is 0 Å². The minimum absolute atomic E-state index is 0.0938. The molecule has 0 radical (unpaired) electrons. The molecule has 0 heterocycles. The van der Waals surface area contributed by atoms with E-state index in [4.69, 9.17) is 5.11 Å². The highest BCUT2D eigenvalue weighted by atomic mass is 19.4. The molecule has 126 valence electrons. The molecule has 1 N–H and O–H groups in total. The third-order valence-corrected chi connectivity index (χ3v) is 2.86. The summed E-state index contributed by atoms with van der Waals surface area (Å²) >= 11 is 0. The van der Waals surface area contributed by atoms with Gasteiger partial charge in [-0.05, 0) is 12.8 Å². The Morgan fingerprint density at radius 3 is 1.57 bits per heavy atom. The van der Waals surface area contributed by atoms with Crippen molar-refractivity contribution in [3.63, 3.8) is 0 Å². The number of carboxylic acids is 1. The van der Waals surface area contributed by atoms with Gasteiger partial charge in [-0.3, -0.25) is 4.79 Å². The van der Waals surface area contributed by atoms with Gasteiger partial charge in [0.25, 0.3) is 0 Å². The molecule has 0 atom stereocenters. The van der Waals surface area contributed by atoms with Crippen LogP contribution in [0.15, 0.2) is 0 Å². The van der Waals surface area contributed by atoms with E-state index in [2.05, 4.69) is 0 Å². The van der Waals surface area contributed by atoms with Gasteiger partial charge in [0.1, 0.15) is 6.42 Å². The Kier molecular flexibility index (Phi) is 7.46. The summed E-state index contributed by atoms with van der Waals surface area (Å²) in [7, 11) is 0. The van der Waals surface area contributed by atoms with E-state index in [1.165, 1.54) is 0 Å². The van der Waals surface area contributed by atoms with Crippen molar-refractivity contribution in [3.8, 4) is 0 Å². The van der Waals surface area contributed by atoms with E-state index in [-0.39, 0.29) is 32.1 Å². The Labute approximate surface area is 117 Å². The quantitative estimate of drug-likeness (QED) is 0.452. The highest BCUT2D eigenvalue weighted by Crippen LogP contribution is 2.40. The largest absolute Gasteiger partial charge is 0.481 e. The van der Waals surface area contributed by atoms with Crippen molar-refractivity contribution in [2.24, 2.45) is 0 Å². The van der Waals surface area contributed by atoms with Crippen LogP contribution >= 0.6 is 0 Å². The first-order valence-electron chi connectivity index (χ1n) is 6.41. The minimum atomic E-state index is -4.63. The van der Waals surface area contributed by atoms with Crippen LogP contribution in [0.2, 0.25) is 0 Å². The number of carbonyl (C=O) groups is 1. The Morgan fingerprint density at radius 1 is 0.714 bits per heavy atom. The SMILES string of the molecule is O=C(O)CC(F)(F)C(F)(F)CCCCCCCC(F)(F)F. The van der Waals surface area contributed by atoms with Crippen LogP contribution in [-0.2, 0) is 4.79 Å². The maximum atomic E-state index is 13.1. The van der Waals surface area contributed by atoms with Crippen LogP contribution in [0.25, 0.3) is 0 Å². The molecule has 0 fully saturated rings. The van der Waals surface area contributed by atoms with Crippen molar-refractivity contribution in [1.82, 2.24) is 0 Å². The number of alkyl halides is 7. The molecule has 0 aromatic rings. The molecule has 0 rings (SSSR count). The predicted octanol–water partition coefficient (Wildman–Crippen LogP) is 5.02. The lowest BCUT2D eigenvalue weighted by Crippen LogP contribution is -2.42. The Morgan fingerprint density at radius 2 is 1.14 bits per heavy atom. The maximum absolute atomic E-state index is 13.1. The van der Waals surface area contributed by atoms with E-state index in [1.54, 1.807) is 0 Å². The van der Waals surface area contributed by atoms with Crippen LogP contribution in [0.5, 0.6) is 0 Å². The van der Waals surface area contributed by atoms with Gasteiger partial charge in [0.05, 0.1) is 0 Å². The second-order valence-corrected chi connectivity index (χ2v) is 4.86. The summed E-state index contributed by atoms with van der Waals surface area (Å²) in [6.07, 6.45) is -8.28. The number of rotatable bonds is 10. The molecule has 0 bridgehead atoms. The number of halogens is 7. The molecule has 2 nitrogen and oxygen atoms in total. The van der Waals surface area contributed by atoms with Gasteiger partial charge in [0, 0.05) is 12.8 Å². The average molecular weight is 326 g/mol. The highest BCUT2D eigenvalue weighted by molar-refractivity contribution is 5.68. The van der Waals surface area contributed by atoms with Crippen LogP contribution in [0.3, 0.4) is 0 Å². The first-order valence-corrected chi connectivity index (χ1v) is 6.41. The van der Waals surface area contributed by atoms with Crippen LogP contribution < -0.4 is 0 Å². The van der Waals surface area contributed by atoms with E-state index in [1.807, 2.05) is 0 Å². The topological polar surface area (TPSA) is 37.3 Å². The summed E-state index contributed by atoms with van der Waals surface area (Å²) in [5.41, 5.74) is 0. The molecule has 0 amide bonds. The maximum Gasteiger partial charge on any atom is 0.389 e. The predicted molar refractivity (Wildman–Crippen MR) is 60.5 cm³/mol. The Bertz CT molecular complexity index is 326. The van der Waals surface area contributed by atoms with E-state index < -0.39 is 43.3 Å². The number of carboxylic acid groups (broad SMARTS) is 1. The molecule has 0 aromatic heterocycles. The Balaban J connectivity index is 3.92. The van der Waals surface area contributed by atoms with Gasteiger partial charge in [-0.25, -0.2) is 0 Å². The molecule has 0 aromatic carbocycles. The van der Waals surface area contributed by atoms with Gasteiger partial charge in [0.15, 0.2) is 0 Å². The van der Waals surface area contributed by atoms with Gasteiger partial charge in [-0.1, -0.05) is 19.3 Å². The minimum Gasteiger partial charge on any atom is -0.481 e. The van der Waals surface area contributed by atoms with Crippen LogP contribution in [-0.4, -0.2) is 29.1 Å². The van der Waals surface area contributed by atoms with Gasteiger partial charge in [-0.2, -0.15) is 30.7 Å². The standard InChI is InChI=1S/C12H17F7O2/c13-10(14,11(15,16)8-9(20)21)6-4-2-1-3-5-7-12(17,18)19/h1-8H2,(H,20,21). The van der Waals surface area contributed by atoms with Crippen LogP contribution in [0.1, 0.15) is 51.4 Å². The monoisotopic (exact) mass is 326 g/mol. The van der Waals surface area contributed by atoms with E-state index in [9.17, 15) is 35.5 Å². The van der Waals surface area contributed by atoms with Crippen molar-refractivity contribution in [1.29, 1.82) is 0 Å². The highest BCUT2D eigenvalue weighted by Gasteiger charge is 2.56. The number of aliphatic carboxylic acids is 1. The molecule has 0 saturated heterocycles. The van der Waals surface area contributed by atoms with Crippen LogP contribution in [0, 0.1) is 0 Å². The second kappa shape index (κ2) is 7.84.